The van der Waals surface area contributed by atoms with Crippen molar-refractivity contribution in [2.75, 3.05) is 19.6 Å². The summed E-state index contributed by atoms with van der Waals surface area (Å²) in [5.74, 6) is 0.155. The monoisotopic (exact) mass is 326 g/mol. The van der Waals surface area contributed by atoms with Crippen molar-refractivity contribution in [2.24, 2.45) is 5.92 Å². The Morgan fingerprint density at radius 1 is 1.42 bits per heavy atom. The van der Waals surface area contributed by atoms with Crippen LogP contribution >= 0.6 is 15.9 Å². The van der Waals surface area contributed by atoms with E-state index in [0.29, 0.717) is 13.1 Å². The highest BCUT2D eigenvalue weighted by Gasteiger charge is 2.21. The minimum atomic E-state index is -0.542. The van der Waals surface area contributed by atoms with E-state index in [1.54, 1.807) is 0 Å². The summed E-state index contributed by atoms with van der Waals surface area (Å²) in [7, 11) is 0. The van der Waals surface area contributed by atoms with Crippen LogP contribution in [0.1, 0.15) is 24.5 Å². The van der Waals surface area contributed by atoms with Crippen LogP contribution in [0.3, 0.4) is 0 Å². The van der Waals surface area contributed by atoms with Gasteiger partial charge in [-0.3, -0.25) is 4.79 Å². The topological polar surface area (TPSA) is 61.4 Å². The maximum atomic E-state index is 11.6. The average Bonchev–Trinajstić information content (AvgIpc) is 2.41. The Morgan fingerprint density at radius 2 is 2.16 bits per heavy atom. The molecule has 19 heavy (non-hydrogen) atoms. The Kier molecular flexibility index (Phi) is 5.36. The third-order valence-electron chi connectivity index (χ3n) is 3.38. The summed E-state index contributed by atoms with van der Waals surface area (Å²) in [5, 5.41) is 16.1. The molecule has 1 unspecified atom stereocenters. The van der Waals surface area contributed by atoms with Gasteiger partial charge in [0.2, 0.25) is 5.91 Å². The number of rotatable bonds is 5. The molecule has 1 saturated heterocycles. The van der Waals surface area contributed by atoms with Crippen LogP contribution in [0.5, 0.6) is 0 Å². The normalized spacial score (nSPS) is 20.9. The lowest BCUT2D eigenvalue weighted by atomic mass is 9.98. The fraction of sp³-hybridized carbons (Fsp3) is 0.500. The zero-order valence-electron chi connectivity index (χ0n) is 10.7. The summed E-state index contributed by atoms with van der Waals surface area (Å²) in [5.41, 5.74) is 0.879. The Hall–Kier alpha value is -0.910. The summed E-state index contributed by atoms with van der Waals surface area (Å²) >= 11 is 3.36. The molecule has 1 amide bonds. The van der Waals surface area contributed by atoms with Crippen LogP contribution < -0.4 is 10.6 Å². The van der Waals surface area contributed by atoms with Crippen molar-refractivity contribution < 1.29 is 9.90 Å². The van der Waals surface area contributed by atoms with Crippen molar-refractivity contribution in [1.82, 2.24) is 10.6 Å². The van der Waals surface area contributed by atoms with Gasteiger partial charge in [-0.05, 0) is 30.5 Å². The highest BCUT2D eigenvalue weighted by atomic mass is 79.9. The average molecular weight is 327 g/mol. The third-order valence-corrected chi connectivity index (χ3v) is 3.91. The first-order chi connectivity index (χ1) is 9.16. The van der Waals surface area contributed by atoms with Crippen molar-refractivity contribution >= 4 is 21.8 Å². The molecule has 3 N–H and O–H groups in total. The maximum absolute atomic E-state index is 11.6. The molecular formula is C14H19BrN2O2. The van der Waals surface area contributed by atoms with E-state index in [1.165, 1.54) is 0 Å². The van der Waals surface area contributed by atoms with Gasteiger partial charge in [0.1, 0.15) is 0 Å². The van der Waals surface area contributed by atoms with Crippen LogP contribution in [0.2, 0.25) is 0 Å². The number of amides is 1. The van der Waals surface area contributed by atoms with Gasteiger partial charge in [-0.25, -0.2) is 0 Å². The number of benzene rings is 1. The SMILES string of the molecule is O=C1NCCCC1CNC[C@H](O)c1ccc(Br)cc1. The summed E-state index contributed by atoms with van der Waals surface area (Å²) in [6, 6.07) is 7.60. The van der Waals surface area contributed by atoms with Crippen LogP contribution in [0.4, 0.5) is 0 Å². The van der Waals surface area contributed by atoms with E-state index in [1.807, 2.05) is 24.3 Å². The number of aliphatic hydroxyl groups excluding tert-OH is 1. The van der Waals surface area contributed by atoms with E-state index < -0.39 is 6.10 Å². The zero-order valence-corrected chi connectivity index (χ0v) is 12.3. The molecule has 1 fully saturated rings. The molecule has 5 heteroatoms. The van der Waals surface area contributed by atoms with Crippen LogP contribution in [-0.4, -0.2) is 30.6 Å². The van der Waals surface area contributed by atoms with Gasteiger partial charge < -0.3 is 15.7 Å². The molecule has 104 valence electrons. The molecule has 0 saturated carbocycles. The molecular weight excluding hydrogens is 308 g/mol. The molecule has 0 aromatic heterocycles. The first-order valence-electron chi connectivity index (χ1n) is 6.59. The first kappa shape index (κ1) is 14.5. The van der Waals surface area contributed by atoms with E-state index in [-0.39, 0.29) is 11.8 Å². The largest absolute Gasteiger partial charge is 0.387 e. The number of aliphatic hydroxyl groups is 1. The van der Waals surface area contributed by atoms with Crippen LogP contribution in [0.15, 0.2) is 28.7 Å². The molecule has 1 aromatic rings. The Morgan fingerprint density at radius 3 is 2.84 bits per heavy atom. The molecule has 1 heterocycles. The fourth-order valence-corrected chi connectivity index (χ4v) is 2.49. The Bertz CT molecular complexity index is 422. The second-order valence-electron chi connectivity index (χ2n) is 4.86. The molecule has 2 atom stereocenters. The third kappa shape index (κ3) is 4.30. The zero-order chi connectivity index (χ0) is 13.7. The summed E-state index contributed by atoms with van der Waals surface area (Å²) < 4.78 is 0.996. The highest BCUT2D eigenvalue weighted by molar-refractivity contribution is 9.10. The number of carbonyl (C=O) groups is 1. The van der Waals surface area contributed by atoms with Gasteiger partial charge in [0.05, 0.1) is 12.0 Å². The predicted octanol–water partition coefficient (Wildman–Crippen LogP) is 1.60. The van der Waals surface area contributed by atoms with Gasteiger partial charge in [-0.2, -0.15) is 0 Å². The molecule has 0 spiro atoms. The molecule has 1 aliphatic heterocycles. The van der Waals surface area contributed by atoms with E-state index in [0.717, 1.165) is 29.4 Å². The summed E-state index contributed by atoms with van der Waals surface area (Å²) in [6.07, 6.45) is 1.42. The van der Waals surface area contributed by atoms with Crippen molar-refractivity contribution in [3.05, 3.63) is 34.3 Å². The van der Waals surface area contributed by atoms with Gasteiger partial charge >= 0.3 is 0 Å². The lowest BCUT2D eigenvalue weighted by molar-refractivity contribution is -0.126. The summed E-state index contributed by atoms with van der Waals surface area (Å²) in [6.45, 7) is 1.88. The number of halogens is 1. The second-order valence-corrected chi connectivity index (χ2v) is 5.77. The maximum Gasteiger partial charge on any atom is 0.224 e. The predicted molar refractivity (Wildman–Crippen MR) is 77.7 cm³/mol. The number of piperidine rings is 1. The van der Waals surface area contributed by atoms with E-state index in [4.69, 9.17) is 0 Å². The number of carbonyl (C=O) groups excluding carboxylic acids is 1. The highest BCUT2D eigenvalue weighted by Crippen LogP contribution is 2.16. The number of hydrogen-bond acceptors (Lipinski definition) is 3. The van der Waals surface area contributed by atoms with Crippen molar-refractivity contribution in [3.63, 3.8) is 0 Å². The van der Waals surface area contributed by atoms with E-state index in [2.05, 4.69) is 26.6 Å². The molecule has 4 nitrogen and oxygen atoms in total. The van der Waals surface area contributed by atoms with Gasteiger partial charge in [0.25, 0.3) is 0 Å². The lowest BCUT2D eigenvalue weighted by Crippen LogP contribution is -2.42. The summed E-state index contributed by atoms with van der Waals surface area (Å²) in [4.78, 5) is 11.6. The molecule has 0 bridgehead atoms. The van der Waals surface area contributed by atoms with Crippen LogP contribution in [0.25, 0.3) is 0 Å². The molecule has 1 aromatic carbocycles. The Balaban J connectivity index is 1.75. The Labute approximate surface area is 121 Å². The van der Waals surface area contributed by atoms with Gasteiger partial charge in [-0.1, -0.05) is 28.1 Å². The first-order valence-corrected chi connectivity index (χ1v) is 7.38. The lowest BCUT2D eigenvalue weighted by Gasteiger charge is -2.22. The molecule has 1 aliphatic rings. The minimum Gasteiger partial charge on any atom is -0.387 e. The van der Waals surface area contributed by atoms with Crippen molar-refractivity contribution in [3.8, 4) is 0 Å². The van der Waals surface area contributed by atoms with E-state index in [9.17, 15) is 9.90 Å². The van der Waals surface area contributed by atoms with E-state index >= 15 is 0 Å². The number of nitrogens with one attached hydrogen (secondary N) is 2. The quantitative estimate of drug-likeness (QED) is 0.770. The second kappa shape index (κ2) is 7.03. The molecule has 0 aliphatic carbocycles. The molecule has 2 rings (SSSR count). The molecule has 0 radical (unpaired) electrons. The van der Waals surface area contributed by atoms with Crippen LogP contribution in [0, 0.1) is 5.92 Å². The fourth-order valence-electron chi connectivity index (χ4n) is 2.23. The van der Waals surface area contributed by atoms with Crippen LogP contribution in [-0.2, 0) is 4.79 Å². The van der Waals surface area contributed by atoms with Gasteiger partial charge in [-0.15, -0.1) is 0 Å². The van der Waals surface area contributed by atoms with Crippen molar-refractivity contribution in [2.45, 2.75) is 18.9 Å². The standard InChI is InChI=1S/C14H19BrN2O2/c15-12-5-3-10(4-6-12)13(18)9-16-8-11-2-1-7-17-14(11)19/h3-6,11,13,16,18H,1-2,7-9H2,(H,17,19)/t11?,13-/m0/s1. The van der Waals surface area contributed by atoms with Crippen molar-refractivity contribution in [1.29, 1.82) is 0 Å². The number of hydrogen-bond donors (Lipinski definition) is 3. The van der Waals surface area contributed by atoms with Gasteiger partial charge in [0, 0.05) is 24.1 Å². The smallest absolute Gasteiger partial charge is 0.224 e. The van der Waals surface area contributed by atoms with Gasteiger partial charge in [0.15, 0.2) is 0 Å². The minimum absolute atomic E-state index is 0.0332.